The van der Waals surface area contributed by atoms with E-state index in [0.29, 0.717) is 0 Å². The molecule has 1 unspecified atom stereocenters. The van der Waals surface area contributed by atoms with Crippen molar-refractivity contribution in [3.05, 3.63) is 33.8 Å². The summed E-state index contributed by atoms with van der Waals surface area (Å²) >= 11 is 12.4. The standard InChI is InChI=1S/C15H20Cl2N2/c1-15(12-2-3-12)10-18-6-7-19(15)9-11-8-13(16)4-5-14(11)17/h4-5,8,12,18H,2-3,6-7,9-10H2,1H3. The number of benzene rings is 1. The zero-order chi connectivity index (χ0) is 13.5. The number of rotatable bonds is 3. The molecule has 2 nitrogen and oxygen atoms in total. The lowest BCUT2D eigenvalue weighted by molar-refractivity contribution is 0.0485. The fourth-order valence-corrected chi connectivity index (χ4v) is 3.53. The van der Waals surface area contributed by atoms with Crippen LogP contribution in [0.5, 0.6) is 0 Å². The van der Waals surface area contributed by atoms with Crippen LogP contribution in [0.25, 0.3) is 0 Å². The van der Waals surface area contributed by atoms with Crippen molar-refractivity contribution in [3.8, 4) is 0 Å². The minimum Gasteiger partial charge on any atom is -0.314 e. The molecule has 1 aromatic rings. The molecule has 0 aromatic heterocycles. The molecule has 0 amide bonds. The van der Waals surface area contributed by atoms with E-state index in [9.17, 15) is 0 Å². The van der Waals surface area contributed by atoms with E-state index in [4.69, 9.17) is 23.2 Å². The monoisotopic (exact) mass is 298 g/mol. The summed E-state index contributed by atoms with van der Waals surface area (Å²) in [6.07, 6.45) is 2.72. The van der Waals surface area contributed by atoms with E-state index < -0.39 is 0 Å². The van der Waals surface area contributed by atoms with Crippen LogP contribution in [-0.4, -0.2) is 30.1 Å². The van der Waals surface area contributed by atoms with Gasteiger partial charge in [-0.3, -0.25) is 4.90 Å². The van der Waals surface area contributed by atoms with Crippen LogP contribution >= 0.6 is 23.2 Å². The third-order valence-corrected chi connectivity index (χ3v) is 5.19. The molecular formula is C15H20Cl2N2. The summed E-state index contributed by atoms with van der Waals surface area (Å²) < 4.78 is 0. The van der Waals surface area contributed by atoms with E-state index in [1.54, 1.807) is 0 Å². The van der Waals surface area contributed by atoms with Crippen molar-refractivity contribution in [1.29, 1.82) is 0 Å². The maximum atomic E-state index is 6.30. The fraction of sp³-hybridized carbons (Fsp3) is 0.600. The summed E-state index contributed by atoms with van der Waals surface area (Å²) in [4.78, 5) is 2.58. The van der Waals surface area contributed by atoms with Gasteiger partial charge in [-0.15, -0.1) is 0 Å². The Morgan fingerprint density at radius 2 is 2.16 bits per heavy atom. The fourth-order valence-electron chi connectivity index (χ4n) is 3.16. The molecule has 2 aliphatic rings. The van der Waals surface area contributed by atoms with Crippen molar-refractivity contribution in [3.63, 3.8) is 0 Å². The first-order valence-corrected chi connectivity index (χ1v) is 7.75. The molecule has 0 bridgehead atoms. The second kappa shape index (κ2) is 5.25. The van der Waals surface area contributed by atoms with Crippen LogP contribution in [0.15, 0.2) is 18.2 Å². The first-order valence-electron chi connectivity index (χ1n) is 6.99. The van der Waals surface area contributed by atoms with Gasteiger partial charge >= 0.3 is 0 Å². The second-order valence-corrected chi connectivity index (χ2v) is 6.81. The molecule has 1 aromatic carbocycles. The van der Waals surface area contributed by atoms with Crippen molar-refractivity contribution < 1.29 is 0 Å². The van der Waals surface area contributed by atoms with Crippen LogP contribution in [0.1, 0.15) is 25.3 Å². The maximum absolute atomic E-state index is 6.30. The van der Waals surface area contributed by atoms with Crippen LogP contribution in [0, 0.1) is 5.92 Å². The highest BCUT2D eigenvalue weighted by Gasteiger charge is 2.46. The molecular weight excluding hydrogens is 279 g/mol. The largest absolute Gasteiger partial charge is 0.314 e. The second-order valence-electron chi connectivity index (χ2n) is 5.97. The Balaban J connectivity index is 1.82. The average Bonchev–Trinajstić information content (AvgIpc) is 3.21. The van der Waals surface area contributed by atoms with Gasteiger partial charge in [0.2, 0.25) is 0 Å². The van der Waals surface area contributed by atoms with Gasteiger partial charge in [-0.1, -0.05) is 23.2 Å². The Morgan fingerprint density at radius 3 is 2.89 bits per heavy atom. The zero-order valence-corrected chi connectivity index (χ0v) is 12.8. The molecule has 2 fully saturated rings. The van der Waals surface area contributed by atoms with Gasteiger partial charge in [-0.05, 0) is 49.4 Å². The number of nitrogens with zero attached hydrogens (tertiary/aromatic N) is 1. The smallest absolute Gasteiger partial charge is 0.0452 e. The summed E-state index contributed by atoms with van der Waals surface area (Å²) in [6.45, 7) is 6.50. The van der Waals surface area contributed by atoms with Crippen LogP contribution in [0.4, 0.5) is 0 Å². The van der Waals surface area contributed by atoms with Gasteiger partial charge in [0.05, 0.1) is 0 Å². The molecule has 1 aliphatic carbocycles. The normalized spacial score (nSPS) is 28.6. The van der Waals surface area contributed by atoms with Crippen molar-refractivity contribution >= 4 is 23.2 Å². The average molecular weight is 299 g/mol. The number of piperazine rings is 1. The van der Waals surface area contributed by atoms with Gasteiger partial charge in [0, 0.05) is 41.8 Å². The molecule has 1 N–H and O–H groups in total. The van der Waals surface area contributed by atoms with Gasteiger partial charge < -0.3 is 5.32 Å². The van der Waals surface area contributed by atoms with Crippen LogP contribution in [-0.2, 0) is 6.54 Å². The van der Waals surface area contributed by atoms with Gasteiger partial charge in [0.1, 0.15) is 0 Å². The Morgan fingerprint density at radius 1 is 1.37 bits per heavy atom. The summed E-state index contributed by atoms with van der Waals surface area (Å²) in [5.41, 5.74) is 1.41. The zero-order valence-electron chi connectivity index (χ0n) is 11.3. The summed E-state index contributed by atoms with van der Waals surface area (Å²) in [7, 11) is 0. The molecule has 1 aliphatic heterocycles. The quantitative estimate of drug-likeness (QED) is 0.918. The summed E-state index contributed by atoms with van der Waals surface area (Å²) in [6, 6.07) is 5.75. The molecule has 0 radical (unpaired) electrons. The van der Waals surface area contributed by atoms with Crippen LogP contribution < -0.4 is 5.32 Å². The van der Waals surface area contributed by atoms with Gasteiger partial charge in [-0.2, -0.15) is 0 Å². The highest BCUT2D eigenvalue weighted by atomic mass is 35.5. The highest BCUT2D eigenvalue weighted by molar-refractivity contribution is 6.33. The van der Waals surface area contributed by atoms with Crippen molar-refractivity contribution in [2.75, 3.05) is 19.6 Å². The maximum Gasteiger partial charge on any atom is 0.0452 e. The SMILES string of the molecule is CC1(C2CC2)CNCCN1Cc1cc(Cl)ccc1Cl. The third kappa shape index (κ3) is 2.78. The topological polar surface area (TPSA) is 15.3 Å². The Bertz CT molecular complexity index is 473. The van der Waals surface area contributed by atoms with Crippen LogP contribution in [0.3, 0.4) is 0 Å². The molecule has 4 heteroatoms. The summed E-state index contributed by atoms with van der Waals surface area (Å²) in [5, 5.41) is 5.12. The molecule has 1 heterocycles. The minimum atomic E-state index is 0.268. The number of nitrogens with one attached hydrogen (secondary N) is 1. The number of hydrogen-bond acceptors (Lipinski definition) is 2. The Hall–Kier alpha value is -0.280. The van der Waals surface area contributed by atoms with E-state index in [1.165, 1.54) is 12.8 Å². The van der Waals surface area contributed by atoms with Crippen molar-refractivity contribution in [2.24, 2.45) is 5.92 Å². The molecule has 104 valence electrons. The van der Waals surface area contributed by atoms with E-state index >= 15 is 0 Å². The number of hydrogen-bond donors (Lipinski definition) is 1. The van der Waals surface area contributed by atoms with Crippen molar-refractivity contribution in [1.82, 2.24) is 10.2 Å². The first kappa shape index (κ1) is 13.7. The lowest BCUT2D eigenvalue weighted by atomic mass is 9.90. The van der Waals surface area contributed by atoms with E-state index in [2.05, 4.69) is 17.1 Å². The highest BCUT2D eigenvalue weighted by Crippen LogP contribution is 2.44. The predicted molar refractivity (Wildman–Crippen MR) is 80.9 cm³/mol. The van der Waals surface area contributed by atoms with E-state index in [-0.39, 0.29) is 5.54 Å². The predicted octanol–water partition coefficient (Wildman–Crippen LogP) is 3.57. The Labute approximate surface area is 125 Å². The van der Waals surface area contributed by atoms with Crippen molar-refractivity contribution in [2.45, 2.75) is 31.8 Å². The molecule has 3 rings (SSSR count). The van der Waals surface area contributed by atoms with E-state index in [0.717, 1.165) is 47.7 Å². The molecule has 1 saturated heterocycles. The lowest BCUT2D eigenvalue weighted by Gasteiger charge is -2.46. The molecule has 1 saturated carbocycles. The Kier molecular flexibility index (Phi) is 3.78. The third-order valence-electron chi connectivity index (χ3n) is 4.59. The first-order chi connectivity index (χ1) is 9.09. The van der Waals surface area contributed by atoms with Gasteiger partial charge in [0.25, 0.3) is 0 Å². The molecule has 1 atom stereocenters. The van der Waals surface area contributed by atoms with Gasteiger partial charge in [0.15, 0.2) is 0 Å². The van der Waals surface area contributed by atoms with Crippen LogP contribution in [0.2, 0.25) is 10.0 Å². The minimum absolute atomic E-state index is 0.268. The molecule has 0 spiro atoms. The van der Waals surface area contributed by atoms with Gasteiger partial charge in [-0.25, -0.2) is 0 Å². The molecule has 19 heavy (non-hydrogen) atoms. The lowest BCUT2D eigenvalue weighted by Crippen LogP contribution is -2.60. The van der Waals surface area contributed by atoms with E-state index in [1.807, 2.05) is 18.2 Å². The number of halogens is 2. The summed E-state index contributed by atoms with van der Waals surface area (Å²) in [5.74, 6) is 0.832.